The lowest BCUT2D eigenvalue weighted by atomic mass is 10.1. The van der Waals surface area contributed by atoms with E-state index in [0.717, 1.165) is 22.7 Å². The second-order valence-corrected chi connectivity index (χ2v) is 5.81. The summed E-state index contributed by atoms with van der Waals surface area (Å²) in [5.41, 5.74) is 3.48. The molecule has 0 bridgehead atoms. The minimum absolute atomic E-state index is 0.0411. The fourth-order valence-electron chi connectivity index (χ4n) is 3.00. The van der Waals surface area contributed by atoms with E-state index in [1.54, 1.807) is 23.4 Å². The zero-order chi connectivity index (χ0) is 16.5. The highest BCUT2D eigenvalue weighted by molar-refractivity contribution is 5.98. The third kappa shape index (κ3) is 2.44. The number of nitrogens with one attached hydrogen (secondary N) is 1. The lowest BCUT2D eigenvalue weighted by molar-refractivity contribution is 0.0714. The highest BCUT2D eigenvalue weighted by atomic mass is 16.3. The van der Waals surface area contributed by atoms with Crippen molar-refractivity contribution in [2.45, 2.75) is 19.6 Å². The Balaban J connectivity index is 1.72. The van der Waals surface area contributed by atoms with Crippen LogP contribution >= 0.6 is 0 Å². The summed E-state index contributed by atoms with van der Waals surface area (Å²) in [4.78, 5) is 19.0. The van der Waals surface area contributed by atoms with Gasteiger partial charge in [-0.1, -0.05) is 18.2 Å². The second-order valence-electron chi connectivity index (χ2n) is 5.81. The van der Waals surface area contributed by atoms with Gasteiger partial charge in [0.05, 0.1) is 24.1 Å². The summed E-state index contributed by atoms with van der Waals surface area (Å²) in [6.07, 6.45) is 3.01. The molecule has 0 fully saturated rings. The molecule has 1 atom stereocenters. The van der Waals surface area contributed by atoms with Crippen molar-refractivity contribution < 1.29 is 9.21 Å². The number of aryl methyl sites for hydroxylation is 1. The maximum Gasteiger partial charge on any atom is 0.258 e. The van der Waals surface area contributed by atoms with Crippen LogP contribution in [0.2, 0.25) is 0 Å². The Labute approximate surface area is 139 Å². The standard InChI is InChI=1S/C19H17N3O2/c1-13-6-2-3-9-16(13)21-18-17-15(8-4-10-20-17)19(23)22(18)12-14-7-5-11-24-14/h2-11,18,21H,12H2,1H3/t18-/m1/s1. The van der Waals surface area contributed by atoms with Crippen LogP contribution in [0.1, 0.15) is 33.5 Å². The van der Waals surface area contributed by atoms with Crippen LogP contribution < -0.4 is 5.32 Å². The van der Waals surface area contributed by atoms with Gasteiger partial charge in [-0.3, -0.25) is 9.78 Å². The van der Waals surface area contributed by atoms with E-state index in [4.69, 9.17) is 4.42 Å². The monoisotopic (exact) mass is 319 g/mol. The van der Waals surface area contributed by atoms with Gasteiger partial charge in [-0.15, -0.1) is 0 Å². The predicted molar refractivity (Wildman–Crippen MR) is 90.4 cm³/mol. The van der Waals surface area contributed by atoms with Gasteiger partial charge >= 0.3 is 0 Å². The Morgan fingerprint density at radius 1 is 1.17 bits per heavy atom. The van der Waals surface area contributed by atoms with Gasteiger partial charge in [-0.05, 0) is 42.8 Å². The largest absolute Gasteiger partial charge is 0.467 e. The molecule has 5 heteroatoms. The van der Waals surface area contributed by atoms with Crippen LogP contribution in [0.25, 0.3) is 0 Å². The zero-order valence-electron chi connectivity index (χ0n) is 13.3. The Morgan fingerprint density at radius 2 is 2.04 bits per heavy atom. The molecule has 24 heavy (non-hydrogen) atoms. The molecule has 1 amide bonds. The highest BCUT2D eigenvalue weighted by Crippen LogP contribution is 2.34. The number of benzene rings is 1. The van der Waals surface area contributed by atoms with Crippen molar-refractivity contribution in [1.29, 1.82) is 0 Å². The van der Waals surface area contributed by atoms with Crippen molar-refractivity contribution in [3.05, 3.63) is 83.6 Å². The Bertz CT molecular complexity index is 874. The number of anilines is 1. The number of nitrogens with zero attached hydrogens (tertiary/aromatic N) is 2. The van der Waals surface area contributed by atoms with Gasteiger partial charge in [0.15, 0.2) is 0 Å². The third-order valence-electron chi connectivity index (χ3n) is 4.24. The van der Waals surface area contributed by atoms with Crippen LogP contribution in [0.4, 0.5) is 5.69 Å². The SMILES string of the molecule is Cc1ccccc1N[C@H]1c2ncccc2C(=O)N1Cc1ccco1. The van der Waals surface area contributed by atoms with E-state index in [1.807, 2.05) is 49.4 Å². The maximum absolute atomic E-state index is 12.8. The van der Waals surface area contributed by atoms with Gasteiger partial charge in [-0.25, -0.2) is 0 Å². The number of fused-ring (bicyclic) bond motifs is 1. The average Bonchev–Trinajstić information content (AvgIpc) is 3.20. The zero-order valence-corrected chi connectivity index (χ0v) is 13.3. The molecular formula is C19H17N3O2. The Hall–Kier alpha value is -3.08. The molecule has 3 aromatic rings. The molecule has 1 aromatic carbocycles. The molecule has 120 valence electrons. The number of amides is 1. The topological polar surface area (TPSA) is 58.4 Å². The quantitative estimate of drug-likeness (QED) is 0.795. The number of hydrogen-bond donors (Lipinski definition) is 1. The van der Waals surface area contributed by atoms with Gasteiger partial charge in [0.2, 0.25) is 0 Å². The molecule has 0 unspecified atom stereocenters. The van der Waals surface area contributed by atoms with E-state index >= 15 is 0 Å². The van der Waals surface area contributed by atoms with Crippen molar-refractivity contribution in [3.63, 3.8) is 0 Å². The van der Waals surface area contributed by atoms with Crippen molar-refractivity contribution in [2.24, 2.45) is 0 Å². The molecular weight excluding hydrogens is 302 g/mol. The van der Waals surface area contributed by atoms with Crippen molar-refractivity contribution in [2.75, 3.05) is 5.32 Å². The fraction of sp³-hybridized carbons (Fsp3) is 0.158. The average molecular weight is 319 g/mol. The summed E-state index contributed by atoms with van der Waals surface area (Å²) >= 11 is 0. The summed E-state index contributed by atoms with van der Waals surface area (Å²) in [5, 5.41) is 3.46. The number of carbonyl (C=O) groups excluding carboxylic acids is 1. The van der Waals surface area contributed by atoms with E-state index in [1.165, 1.54) is 0 Å². The highest BCUT2D eigenvalue weighted by Gasteiger charge is 2.38. The van der Waals surface area contributed by atoms with E-state index in [9.17, 15) is 4.79 Å². The second kappa shape index (κ2) is 5.85. The first-order valence-corrected chi connectivity index (χ1v) is 7.84. The normalized spacial score (nSPS) is 16.3. The molecule has 1 aliphatic heterocycles. The smallest absolute Gasteiger partial charge is 0.258 e. The molecule has 1 aliphatic rings. The minimum Gasteiger partial charge on any atom is -0.467 e. The summed E-state index contributed by atoms with van der Waals surface area (Å²) in [6, 6.07) is 15.3. The van der Waals surface area contributed by atoms with Gasteiger partial charge in [0.25, 0.3) is 5.91 Å². The third-order valence-corrected chi connectivity index (χ3v) is 4.24. The number of hydrogen-bond acceptors (Lipinski definition) is 4. The first kappa shape index (κ1) is 14.5. The van der Waals surface area contributed by atoms with Crippen molar-refractivity contribution in [3.8, 4) is 0 Å². The van der Waals surface area contributed by atoms with Gasteiger partial charge in [-0.2, -0.15) is 0 Å². The number of rotatable bonds is 4. The van der Waals surface area contributed by atoms with Gasteiger partial charge in [0.1, 0.15) is 11.9 Å². The van der Waals surface area contributed by atoms with Crippen molar-refractivity contribution in [1.82, 2.24) is 9.88 Å². The van der Waals surface area contributed by atoms with E-state index in [2.05, 4.69) is 10.3 Å². The van der Waals surface area contributed by atoms with Crippen molar-refractivity contribution >= 4 is 11.6 Å². The number of pyridine rings is 1. The van der Waals surface area contributed by atoms with E-state index in [0.29, 0.717) is 12.1 Å². The molecule has 0 saturated heterocycles. The maximum atomic E-state index is 12.8. The summed E-state index contributed by atoms with van der Waals surface area (Å²) in [7, 11) is 0. The van der Waals surface area contributed by atoms with Crippen LogP contribution in [0.15, 0.2) is 65.4 Å². The molecule has 1 N–H and O–H groups in total. The molecule has 5 nitrogen and oxygen atoms in total. The number of para-hydroxylation sites is 1. The van der Waals surface area contributed by atoms with Crippen LogP contribution in [0.5, 0.6) is 0 Å². The minimum atomic E-state index is -0.320. The van der Waals surface area contributed by atoms with E-state index < -0.39 is 0 Å². The molecule has 0 spiro atoms. The summed E-state index contributed by atoms with van der Waals surface area (Å²) in [6.45, 7) is 2.43. The molecule has 0 saturated carbocycles. The Kier molecular flexibility index (Phi) is 3.54. The summed E-state index contributed by atoms with van der Waals surface area (Å²) < 4.78 is 5.42. The lowest BCUT2D eigenvalue weighted by Gasteiger charge is -2.26. The predicted octanol–water partition coefficient (Wildman–Crippen LogP) is 3.75. The molecule has 4 rings (SSSR count). The number of furan rings is 1. The van der Waals surface area contributed by atoms with E-state index in [-0.39, 0.29) is 12.1 Å². The number of aromatic nitrogens is 1. The van der Waals surface area contributed by atoms with Crippen LogP contribution in [-0.4, -0.2) is 15.8 Å². The van der Waals surface area contributed by atoms with Gasteiger partial charge in [0, 0.05) is 11.9 Å². The summed E-state index contributed by atoms with van der Waals surface area (Å²) in [5.74, 6) is 0.702. The first-order chi connectivity index (χ1) is 11.7. The van der Waals surface area contributed by atoms with Gasteiger partial charge < -0.3 is 14.6 Å². The molecule has 0 radical (unpaired) electrons. The fourth-order valence-corrected chi connectivity index (χ4v) is 3.00. The van der Waals surface area contributed by atoms with Crippen LogP contribution in [0.3, 0.4) is 0 Å². The number of carbonyl (C=O) groups is 1. The molecule has 3 heterocycles. The first-order valence-electron chi connectivity index (χ1n) is 7.84. The Morgan fingerprint density at radius 3 is 2.83 bits per heavy atom. The van der Waals surface area contributed by atoms with Crippen LogP contribution in [-0.2, 0) is 6.54 Å². The molecule has 2 aromatic heterocycles. The lowest BCUT2D eigenvalue weighted by Crippen LogP contribution is -2.32. The van der Waals surface area contributed by atoms with Crippen LogP contribution in [0, 0.1) is 6.92 Å². The molecule has 0 aliphatic carbocycles.